The largest absolute Gasteiger partial charge is 0.350 e. The van der Waals surface area contributed by atoms with E-state index in [0.717, 1.165) is 0 Å². The third-order valence-corrected chi connectivity index (χ3v) is 5.98. The van der Waals surface area contributed by atoms with Crippen LogP contribution in [0.1, 0.15) is 18.9 Å². The number of rotatable bonds is 6. The third-order valence-electron chi connectivity index (χ3n) is 4.50. The van der Waals surface area contributed by atoms with E-state index in [0.29, 0.717) is 17.1 Å². The molecule has 0 aliphatic carbocycles. The van der Waals surface area contributed by atoms with Gasteiger partial charge < -0.3 is 9.88 Å². The summed E-state index contributed by atoms with van der Waals surface area (Å²) in [4.78, 5) is 16.5. The topological polar surface area (TPSA) is 93.1 Å². The van der Waals surface area contributed by atoms with Crippen LogP contribution in [0, 0.1) is 24.4 Å². The van der Waals surface area contributed by atoms with Crippen molar-refractivity contribution in [3.63, 3.8) is 0 Å². The lowest BCUT2D eigenvalue weighted by molar-refractivity contribution is 0.501. The molecule has 2 N–H and O–H groups in total. The first-order valence-electron chi connectivity index (χ1n) is 8.95. The van der Waals surface area contributed by atoms with Crippen LogP contribution in [0.3, 0.4) is 0 Å². The number of hydrogen-bond acceptors (Lipinski definition) is 5. The molecule has 0 saturated heterocycles. The van der Waals surface area contributed by atoms with E-state index in [1.165, 1.54) is 30.1 Å². The van der Waals surface area contributed by atoms with Crippen LogP contribution in [0.5, 0.6) is 0 Å². The van der Waals surface area contributed by atoms with Crippen molar-refractivity contribution in [2.45, 2.75) is 20.3 Å². The number of sulfonamides is 1. The molecule has 11 heteroatoms. The molecule has 0 radical (unpaired) electrons. The average Bonchev–Trinajstić information content (AvgIpc) is 2.67. The Bertz CT molecular complexity index is 1310. The minimum absolute atomic E-state index is 0.137. The van der Waals surface area contributed by atoms with Gasteiger partial charge in [0.1, 0.15) is 5.69 Å². The number of nitrogens with zero attached hydrogens (tertiary/aromatic N) is 2. The van der Waals surface area contributed by atoms with Gasteiger partial charge in [-0.05, 0) is 31.0 Å². The smallest absolute Gasteiger partial charge is 0.261 e. The van der Waals surface area contributed by atoms with Gasteiger partial charge >= 0.3 is 0 Å². The van der Waals surface area contributed by atoms with E-state index < -0.39 is 38.8 Å². The highest BCUT2D eigenvalue weighted by Gasteiger charge is 2.23. The molecule has 30 heavy (non-hydrogen) atoms. The van der Waals surface area contributed by atoms with Gasteiger partial charge in [0.05, 0.1) is 28.7 Å². The maximum absolute atomic E-state index is 14.9. The van der Waals surface area contributed by atoms with Gasteiger partial charge in [-0.15, -0.1) is 0 Å². The fourth-order valence-corrected chi connectivity index (χ4v) is 4.12. The number of anilines is 3. The molecule has 3 rings (SSSR count). The fourth-order valence-electron chi connectivity index (χ4n) is 3.00. The number of nitrogens with one attached hydrogen (secondary N) is 2. The highest BCUT2D eigenvalue weighted by Crippen LogP contribution is 2.33. The molecule has 0 aliphatic rings. The maximum atomic E-state index is 14.9. The standard InChI is InChI=1S/C19H19F3N4O3S/c1-4-7-30(28,29)25-14-8-11(20)16(21)18(17(14)22)24-12-5-6-13-15(10(12)2)19(27)26(3)9-23-13/h5-6,8-9,24-25H,4,7H2,1-3H3. The van der Waals surface area contributed by atoms with Crippen molar-refractivity contribution >= 4 is 38.0 Å². The van der Waals surface area contributed by atoms with Gasteiger partial charge in [0, 0.05) is 18.8 Å². The molecule has 0 amide bonds. The van der Waals surface area contributed by atoms with Crippen molar-refractivity contribution in [3.05, 3.63) is 57.9 Å². The van der Waals surface area contributed by atoms with Crippen LogP contribution >= 0.6 is 0 Å². The van der Waals surface area contributed by atoms with E-state index in [2.05, 4.69) is 10.3 Å². The van der Waals surface area contributed by atoms with Crippen LogP contribution in [-0.4, -0.2) is 23.7 Å². The minimum Gasteiger partial charge on any atom is -0.350 e. The van der Waals surface area contributed by atoms with E-state index in [1.807, 2.05) is 4.72 Å². The van der Waals surface area contributed by atoms with E-state index >= 15 is 0 Å². The molecule has 2 aromatic carbocycles. The molecule has 0 bridgehead atoms. The summed E-state index contributed by atoms with van der Waals surface area (Å²) in [5, 5.41) is 2.67. The fraction of sp³-hybridized carbons (Fsp3) is 0.263. The molecule has 0 atom stereocenters. The molecule has 3 aromatic rings. The van der Waals surface area contributed by atoms with E-state index in [-0.39, 0.29) is 28.8 Å². The number of hydrogen-bond donors (Lipinski definition) is 2. The molecule has 0 fully saturated rings. The summed E-state index contributed by atoms with van der Waals surface area (Å²) >= 11 is 0. The summed E-state index contributed by atoms with van der Waals surface area (Å²) in [5.74, 6) is -4.59. The van der Waals surface area contributed by atoms with Crippen molar-refractivity contribution in [3.8, 4) is 0 Å². The average molecular weight is 440 g/mol. The minimum atomic E-state index is -3.93. The zero-order valence-corrected chi connectivity index (χ0v) is 17.2. The van der Waals surface area contributed by atoms with Crippen LogP contribution in [0.25, 0.3) is 10.9 Å². The van der Waals surface area contributed by atoms with Crippen LogP contribution in [0.4, 0.5) is 30.2 Å². The molecule has 1 heterocycles. The second kappa shape index (κ2) is 7.98. The lowest BCUT2D eigenvalue weighted by Gasteiger charge is -2.16. The number of benzene rings is 2. The molecule has 1 aromatic heterocycles. The Balaban J connectivity index is 2.12. The Morgan fingerprint density at radius 3 is 2.50 bits per heavy atom. The Morgan fingerprint density at radius 2 is 1.83 bits per heavy atom. The van der Waals surface area contributed by atoms with Crippen molar-refractivity contribution in [2.75, 3.05) is 15.8 Å². The predicted octanol–water partition coefficient (Wildman–Crippen LogP) is 3.55. The van der Waals surface area contributed by atoms with E-state index in [9.17, 15) is 26.4 Å². The summed E-state index contributed by atoms with van der Waals surface area (Å²) < 4.78 is 70.4. The molecule has 0 spiro atoms. The van der Waals surface area contributed by atoms with Gasteiger partial charge in [0.25, 0.3) is 5.56 Å². The summed E-state index contributed by atoms with van der Waals surface area (Å²) in [6.07, 6.45) is 1.60. The van der Waals surface area contributed by atoms with Gasteiger partial charge in [-0.3, -0.25) is 9.52 Å². The molecule has 160 valence electrons. The molecule has 0 aliphatic heterocycles. The molecule has 0 unspecified atom stereocenters. The summed E-state index contributed by atoms with van der Waals surface area (Å²) in [6, 6.07) is 3.36. The Kier molecular flexibility index (Phi) is 5.75. The predicted molar refractivity (Wildman–Crippen MR) is 109 cm³/mol. The van der Waals surface area contributed by atoms with Crippen molar-refractivity contribution in [1.82, 2.24) is 9.55 Å². The van der Waals surface area contributed by atoms with Gasteiger partial charge in [-0.2, -0.15) is 0 Å². The van der Waals surface area contributed by atoms with Crippen LogP contribution < -0.4 is 15.6 Å². The highest BCUT2D eigenvalue weighted by molar-refractivity contribution is 7.92. The number of halogens is 3. The molecular weight excluding hydrogens is 421 g/mol. The monoisotopic (exact) mass is 440 g/mol. The van der Waals surface area contributed by atoms with Crippen molar-refractivity contribution < 1.29 is 21.6 Å². The second-order valence-corrected chi connectivity index (χ2v) is 8.59. The highest BCUT2D eigenvalue weighted by atomic mass is 32.2. The van der Waals surface area contributed by atoms with Crippen molar-refractivity contribution in [1.29, 1.82) is 0 Å². The van der Waals surface area contributed by atoms with E-state index in [4.69, 9.17) is 0 Å². The molecule has 0 saturated carbocycles. The summed E-state index contributed by atoms with van der Waals surface area (Å²) in [5.41, 5.74) is -1.10. The molecular formula is C19H19F3N4O3S. The van der Waals surface area contributed by atoms with Gasteiger partial charge in [0.15, 0.2) is 17.5 Å². The van der Waals surface area contributed by atoms with Crippen LogP contribution in [-0.2, 0) is 17.1 Å². The van der Waals surface area contributed by atoms with Crippen LogP contribution in [0.2, 0.25) is 0 Å². The maximum Gasteiger partial charge on any atom is 0.261 e. The first-order chi connectivity index (χ1) is 14.1. The second-order valence-electron chi connectivity index (χ2n) is 6.75. The lowest BCUT2D eigenvalue weighted by Crippen LogP contribution is -2.19. The van der Waals surface area contributed by atoms with Gasteiger partial charge in [0.2, 0.25) is 10.0 Å². The summed E-state index contributed by atoms with van der Waals surface area (Å²) in [6.45, 7) is 3.16. The van der Waals surface area contributed by atoms with Gasteiger partial charge in [-0.25, -0.2) is 26.6 Å². The van der Waals surface area contributed by atoms with E-state index in [1.54, 1.807) is 13.8 Å². The third kappa shape index (κ3) is 3.97. The van der Waals surface area contributed by atoms with Gasteiger partial charge in [-0.1, -0.05) is 6.92 Å². The van der Waals surface area contributed by atoms with Crippen molar-refractivity contribution in [2.24, 2.45) is 7.05 Å². The first kappa shape index (κ1) is 21.6. The normalized spacial score (nSPS) is 11.7. The Morgan fingerprint density at radius 1 is 1.13 bits per heavy atom. The number of aryl methyl sites for hydroxylation is 2. The zero-order chi connectivity index (χ0) is 22.2. The Labute approximate surface area is 170 Å². The molecule has 7 nitrogen and oxygen atoms in total. The SMILES string of the molecule is CCCS(=O)(=O)Nc1cc(F)c(F)c(Nc2ccc3ncn(C)c(=O)c3c2C)c1F. The summed E-state index contributed by atoms with van der Waals surface area (Å²) in [7, 11) is -2.42. The zero-order valence-electron chi connectivity index (χ0n) is 16.4. The Hall–Kier alpha value is -3.08. The quantitative estimate of drug-likeness (QED) is 0.572. The van der Waals surface area contributed by atoms with Crippen LogP contribution in [0.15, 0.2) is 29.3 Å². The number of aromatic nitrogens is 2. The number of fused-ring (bicyclic) bond motifs is 1. The first-order valence-corrected chi connectivity index (χ1v) is 10.6. The lowest BCUT2D eigenvalue weighted by atomic mass is 10.1.